The lowest BCUT2D eigenvalue weighted by molar-refractivity contribution is -0.124. The van der Waals surface area contributed by atoms with Crippen molar-refractivity contribution in [2.75, 3.05) is 43.5 Å². The van der Waals surface area contributed by atoms with Gasteiger partial charge in [0, 0.05) is 42.9 Å². The number of anilines is 2. The zero-order valence-electron chi connectivity index (χ0n) is 16.1. The topological polar surface area (TPSA) is 92.8 Å². The molecule has 3 heterocycles. The number of hydrogen-bond acceptors (Lipinski definition) is 7. The van der Waals surface area contributed by atoms with Gasteiger partial charge in [-0.15, -0.1) is 11.3 Å². The molecule has 0 saturated carbocycles. The number of amides is 2. The zero-order chi connectivity index (χ0) is 20.1. The van der Waals surface area contributed by atoms with Crippen LogP contribution in [0.4, 0.5) is 10.8 Å². The highest BCUT2D eigenvalue weighted by atomic mass is 32.1. The van der Waals surface area contributed by atoms with Crippen molar-refractivity contribution < 1.29 is 19.1 Å². The minimum atomic E-state index is -0.410. The molecule has 0 radical (unpaired) electrons. The van der Waals surface area contributed by atoms with Crippen LogP contribution >= 0.6 is 11.3 Å². The zero-order valence-corrected chi connectivity index (χ0v) is 16.9. The van der Waals surface area contributed by atoms with Crippen molar-refractivity contribution in [1.29, 1.82) is 0 Å². The molecule has 2 aliphatic rings. The first-order valence-corrected chi connectivity index (χ1v) is 10.6. The van der Waals surface area contributed by atoms with E-state index in [1.807, 2.05) is 5.38 Å². The molecule has 2 N–H and O–H groups in total. The summed E-state index contributed by atoms with van der Waals surface area (Å²) < 4.78 is 10.7. The minimum Gasteiger partial charge on any atom is -0.379 e. The van der Waals surface area contributed by atoms with E-state index in [1.54, 1.807) is 24.3 Å². The van der Waals surface area contributed by atoms with Gasteiger partial charge in [0.1, 0.15) is 6.10 Å². The standard InChI is InChI=1S/C20H24N4O4S/c25-18(23-20-22-16(13-29-20)12-24-6-9-27-10-7-24)14-3-1-4-15(11-14)21-19(26)17-5-2-8-28-17/h1,3-4,11,13,17H,2,5-10,12H2,(H,21,26)(H,22,23,25). The molecule has 2 amide bonds. The molecule has 1 atom stereocenters. The van der Waals surface area contributed by atoms with Crippen LogP contribution in [0.25, 0.3) is 0 Å². The second-order valence-corrected chi connectivity index (χ2v) is 7.92. The molecule has 0 aliphatic carbocycles. The number of morpholine rings is 1. The van der Waals surface area contributed by atoms with Crippen molar-refractivity contribution in [1.82, 2.24) is 9.88 Å². The van der Waals surface area contributed by atoms with Crippen molar-refractivity contribution >= 4 is 34.0 Å². The summed E-state index contributed by atoms with van der Waals surface area (Å²) in [6, 6.07) is 6.86. The largest absolute Gasteiger partial charge is 0.379 e. The van der Waals surface area contributed by atoms with Gasteiger partial charge in [-0.1, -0.05) is 6.07 Å². The Morgan fingerprint density at radius 1 is 1.21 bits per heavy atom. The molecule has 8 nitrogen and oxygen atoms in total. The normalized spacial score (nSPS) is 19.8. The van der Waals surface area contributed by atoms with E-state index in [0.29, 0.717) is 23.0 Å². The van der Waals surface area contributed by atoms with E-state index in [2.05, 4.69) is 20.5 Å². The van der Waals surface area contributed by atoms with E-state index in [0.717, 1.165) is 51.4 Å². The van der Waals surface area contributed by atoms with E-state index in [4.69, 9.17) is 9.47 Å². The van der Waals surface area contributed by atoms with E-state index in [9.17, 15) is 9.59 Å². The quantitative estimate of drug-likeness (QED) is 0.751. The number of benzene rings is 1. The highest BCUT2D eigenvalue weighted by Gasteiger charge is 2.23. The van der Waals surface area contributed by atoms with Crippen LogP contribution in [0.5, 0.6) is 0 Å². The number of hydrogen-bond donors (Lipinski definition) is 2. The Bertz CT molecular complexity index is 860. The Morgan fingerprint density at radius 2 is 2.07 bits per heavy atom. The molecule has 2 aromatic rings. The van der Waals surface area contributed by atoms with Gasteiger partial charge in [0.05, 0.1) is 18.9 Å². The fourth-order valence-corrected chi connectivity index (χ4v) is 4.04. The summed E-state index contributed by atoms with van der Waals surface area (Å²) in [5.41, 5.74) is 1.97. The maximum Gasteiger partial charge on any atom is 0.257 e. The lowest BCUT2D eigenvalue weighted by Gasteiger charge is -2.25. The Kier molecular flexibility index (Phi) is 6.50. The van der Waals surface area contributed by atoms with Crippen molar-refractivity contribution in [3.8, 4) is 0 Å². The lowest BCUT2D eigenvalue weighted by atomic mass is 10.1. The molecule has 0 bridgehead atoms. The number of aromatic nitrogens is 1. The summed E-state index contributed by atoms with van der Waals surface area (Å²) in [4.78, 5) is 31.6. The van der Waals surface area contributed by atoms with Crippen LogP contribution in [0.3, 0.4) is 0 Å². The smallest absolute Gasteiger partial charge is 0.257 e. The number of ether oxygens (including phenoxy) is 2. The fraction of sp³-hybridized carbons (Fsp3) is 0.450. The van der Waals surface area contributed by atoms with Gasteiger partial charge in [-0.2, -0.15) is 0 Å². The summed E-state index contributed by atoms with van der Waals surface area (Å²) in [6.45, 7) is 4.64. The summed E-state index contributed by atoms with van der Waals surface area (Å²) in [5.74, 6) is -0.432. The van der Waals surface area contributed by atoms with Crippen LogP contribution in [-0.4, -0.2) is 60.7 Å². The molecule has 1 aromatic heterocycles. The maximum absolute atomic E-state index is 12.6. The molecule has 29 heavy (non-hydrogen) atoms. The predicted molar refractivity (Wildman–Crippen MR) is 110 cm³/mol. The van der Waals surface area contributed by atoms with Gasteiger partial charge in [-0.3, -0.25) is 19.8 Å². The molecule has 2 aliphatic heterocycles. The van der Waals surface area contributed by atoms with Gasteiger partial charge in [-0.25, -0.2) is 4.98 Å². The van der Waals surface area contributed by atoms with Crippen molar-refractivity contribution in [3.63, 3.8) is 0 Å². The summed E-state index contributed by atoms with van der Waals surface area (Å²) in [6.07, 6.45) is 1.21. The van der Waals surface area contributed by atoms with E-state index in [-0.39, 0.29) is 11.8 Å². The molecule has 1 unspecified atom stereocenters. The Labute approximate surface area is 173 Å². The van der Waals surface area contributed by atoms with Gasteiger partial charge < -0.3 is 14.8 Å². The molecule has 154 valence electrons. The molecule has 2 saturated heterocycles. The van der Waals surface area contributed by atoms with Gasteiger partial charge in [0.25, 0.3) is 11.8 Å². The molecule has 0 spiro atoms. The number of nitrogens with zero attached hydrogens (tertiary/aromatic N) is 2. The average Bonchev–Trinajstić information content (AvgIpc) is 3.41. The second kappa shape index (κ2) is 9.45. The molecule has 2 fully saturated rings. The molecular weight excluding hydrogens is 392 g/mol. The second-order valence-electron chi connectivity index (χ2n) is 7.06. The Balaban J connectivity index is 1.34. The van der Waals surface area contributed by atoms with Gasteiger partial charge >= 0.3 is 0 Å². The molecule has 1 aromatic carbocycles. The number of carbonyl (C=O) groups excluding carboxylic acids is 2. The Hall–Kier alpha value is -2.33. The third kappa shape index (κ3) is 5.39. The van der Waals surface area contributed by atoms with Crippen LogP contribution in [0.15, 0.2) is 29.6 Å². The highest BCUT2D eigenvalue weighted by molar-refractivity contribution is 7.14. The summed E-state index contributed by atoms with van der Waals surface area (Å²) in [7, 11) is 0. The molecule has 9 heteroatoms. The van der Waals surface area contributed by atoms with E-state index < -0.39 is 6.10 Å². The third-order valence-electron chi connectivity index (χ3n) is 4.88. The van der Waals surface area contributed by atoms with Crippen molar-refractivity contribution in [2.24, 2.45) is 0 Å². The van der Waals surface area contributed by atoms with Gasteiger partial charge in [0.2, 0.25) is 0 Å². The fourth-order valence-electron chi connectivity index (χ4n) is 3.34. The van der Waals surface area contributed by atoms with E-state index in [1.165, 1.54) is 11.3 Å². The maximum atomic E-state index is 12.6. The van der Waals surface area contributed by atoms with Crippen LogP contribution in [0.1, 0.15) is 28.9 Å². The number of rotatable bonds is 6. The van der Waals surface area contributed by atoms with Crippen molar-refractivity contribution in [3.05, 3.63) is 40.9 Å². The lowest BCUT2D eigenvalue weighted by Crippen LogP contribution is -2.35. The van der Waals surface area contributed by atoms with E-state index >= 15 is 0 Å². The first-order valence-electron chi connectivity index (χ1n) is 9.76. The number of carbonyl (C=O) groups is 2. The average molecular weight is 417 g/mol. The van der Waals surface area contributed by atoms with Gasteiger partial charge in [0.15, 0.2) is 5.13 Å². The molecular formula is C20H24N4O4S. The summed E-state index contributed by atoms with van der Waals surface area (Å²) >= 11 is 1.41. The van der Waals surface area contributed by atoms with Crippen LogP contribution < -0.4 is 10.6 Å². The number of thiazole rings is 1. The first-order chi connectivity index (χ1) is 14.2. The summed E-state index contributed by atoms with van der Waals surface area (Å²) in [5, 5.41) is 8.18. The van der Waals surface area contributed by atoms with Crippen LogP contribution in [-0.2, 0) is 20.8 Å². The first kappa shape index (κ1) is 20.0. The monoisotopic (exact) mass is 416 g/mol. The van der Waals surface area contributed by atoms with Crippen LogP contribution in [0.2, 0.25) is 0 Å². The number of nitrogens with one attached hydrogen (secondary N) is 2. The van der Waals surface area contributed by atoms with Gasteiger partial charge in [-0.05, 0) is 31.0 Å². The minimum absolute atomic E-state index is 0.173. The molecule has 4 rings (SSSR count). The SMILES string of the molecule is O=C(Nc1nc(CN2CCOCC2)cs1)c1cccc(NC(=O)C2CCCO2)c1. The van der Waals surface area contributed by atoms with Crippen LogP contribution in [0, 0.1) is 0 Å². The predicted octanol–water partition coefficient (Wildman–Crippen LogP) is 2.35. The van der Waals surface area contributed by atoms with Crippen molar-refractivity contribution in [2.45, 2.75) is 25.5 Å². The Morgan fingerprint density at radius 3 is 2.86 bits per heavy atom. The highest BCUT2D eigenvalue weighted by Crippen LogP contribution is 2.20. The third-order valence-corrected chi connectivity index (χ3v) is 5.68.